The minimum absolute atomic E-state index is 0.291. The number of rotatable bonds is 1. The predicted molar refractivity (Wildman–Crippen MR) is 71.0 cm³/mol. The summed E-state index contributed by atoms with van der Waals surface area (Å²) in [5, 5.41) is 0.291. The fraction of sp³-hybridized carbons (Fsp3) is 0.286. The highest BCUT2D eigenvalue weighted by Crippen LogP contribution is 2.29. The number of aryl methyl sites for hydroxylation is 2. The van der Waals surface area contributed by atoms with E-state index < -0.39 is 0 Å². The van der Waals surface area contributed by atoms with Crippen LogP contribution in [0.4, 0.5) is 0 Å². The lowest BCUT2D eigenvalue weighted by Gasteiger charge is -2.17. The quantitative estimate of drug-likeness (QED) is 0.737. The van der Waals surface area contributed by atoms with Crippen molar-refractivity contribution in [2.75, 3.05) is 6.61 Å². The standard InChI is InChI=1S/C14H13ClN2O/c1-9-7-12(17-14(15)16-9)10-4-5-13-11(8-10)3-2-6-18-13/h4-5,7-8H,2-3,6H2,1H3. The van der Waals surface area contributed by atoms with Gasteiger partial charge in [-0.05, 0) is 61.2 Å². The molecule has 18 heavy (non-hydrogen) atoms. The fourth-order valence-corrected chi connectivity index (χ4v) is 2.42. The summed E-state index contributed by atoms with van der Waals surface area (Å²) in [6.07, 6.45) is 2.13. The van der Waals surface area contributed by atoms with Crippen LogP contribution in [0.3, 0.4) is 0 Å². The van der Waals surface area contributed by atoms with E-state index >= 15 is 0 Å². The molecule has 1 aromatic carbocycles. The highest BCUT2D eigenvalue weighted by atomic mass is 35.5. The molecule has 0 unspecified atom stereocenters. The van der Waals surface area contributed by atoms with Crippen LogP contribution < -0.4 is 4.74 Å². The van der Waals surface area contributed by atoms with E-state index in [-0.39, 0.29) is 0 Å². The van der Waals surface area contributed by atoms with Gasteiger partial charge in [0.1, 0.15) is 5.75 Å². The molecular formula is C14H13ClN2O. The summed E-state index contributed by atoms with van der Waals surface area (Å²) in [4.78, 5) is 8.34. The Morgan fingerprint density at radius 2 is 2.11 bits per heavy atom. The van der Waals surface area contributed by atoms with Crippen molar-refractivity contribution >= 4 is 11.6 Å². The Morgan fingerprint density at radius 1 is 1.22 bits per heavy atom. The van der Waals surface area contributed by atoms with Crippen LogP contribution in [0.25, 0.3) is 11.3 Å². The summed E-state index contributed by atoms with van der Waals surface area (Å²) >= 11 is 5.90. The molecule has 0 fully saturated rings. The van der Waals surface area contributed by atoms with E-state index in [1.54, 1.807) is 0 Å². The van der Waals surface area contributed by atoms with E-state index in [1.807, 2.05) is 25.1 Å². The Bertz CT molecular complexity index is 578. The molecule has 1 aromatic heterocycles. The summed E-state index contributed by atoms with van der Waals surface area (Å²) in [6.45, 7) is 2.73. The van der Waals surface area contributed by atoms with Gasteiger partial charge in [0.2, 0.25) is 5.28 Å². The number of fused-ring (bicyclic) bond motifs is 1. The number of hydrogen-bond acceptors (Lipinski definition) is 3. The first kappa shape index (κ1) is 11.5. The molecule has 2 heterocycles. The summed E-state index contributed by atoms with van der Waals surface area (Å²) in [6, 6.07) is 8.10. The molecule has 3 nitrogen and oxygen atoms in total. The molecule has 0 aliphatic carbocycles. The number of hydrogen-bond donors (Lipinski definition) is 0. The first-order valence-electron chi connectivity index (χ1n) is 6.00. The Hall–Kier alpha value is -1.61. The van der Waals surface area contributed by atoms with Gasteiger partial charge in [-0.1, -0.05) is 0 Å². The lowest BCUT2D eigenvalue weighted by Crippen LogP contribution is -2.08. The second-order valence-corrected chi connectivity index (χ2v) is 4.78. The second-order valence-electron chi connectivity index (χ2n) is 4.44. The molecule has 0 amide bonds. The van der Waals surface area contributed by atoms with E-state index in [9.17, 15) is 0 Å². The molecule has 0 radical (unpaired) electrons. The Balaban J connectivity index is 2.06. The van der Waals surface area contributed by atoms with Crippen LogP contribution in [-0.4, -0.2) is 16.6 Å². The van der Waals surface area contributed by atoms with E-state index in [2.05, 4.69) is 16.0 Å². The van der Waals surface area contributed by atoms with Crippen molar-refractivity contribution in [2.45, 2.75) is 19.8 Å². The van der Waals surface area contributed by atoms with Gasteiger partial charge in [0.15, 0.2) is 0 Å². The lowest BCUT2D eigenvalue weighted by atomic mass is 10.0. The first-order chi connectivity index (χ1) is 8.72. The average molecular weight is 261 g/mol. The van der Waals surface area contributed by atoms with Crippen LogP contribution in [0.2, 0.25) is 5.28 Å². The SMILES string of the molecule is Cc1cc(-c2ccc3c(c2)CCCO3)nc(Cl)n1. The zero-order valence-electron chi connectivity index (χ0n) is 10.1. The van der Waals surface area contributed by atoms with Crippen molar-refractivity contribution in [2.24, 2.45) is 0 Å². The molecule has 0 bridgehead atoms. The highest BCUT2D eigenvalue weighted by Gasteiger charge is 2.12. The van der Waals surface area contributed by atoms with Gasteiger partial charge in [0.25, 0.3) is 0 Å². The van der Waals surface area contributed by atoms with Crippen LogP contribution >= 0.6 is 11.6 Å². The minimum atomic E-state index is 0.291. The molecule has 3 rings (SSSR count). The van der Waals surface area contributed by atoms with Crippen LogP contribution in [0.15, 0.2) is 24.3 Å². The molecular weight excluding hydrogens is 248 g/mol. The zero-order chi connectivity index (χ0) is 12.5. The molecule has 0 saturated carbocycles. The third-order valence-electron chi connectivity index (χ3n) is 3.03. The van der Waals surface area contributed by atoms with Gasteiger partial charge in [0.05, 0.1) is 12.3 Å². The fourth-order valence-electron chi connectivity index (χ4n) is 2.20. The van der Waals surface area contributed by atoms with Gasteiger partial charge in [-0.15, -0.1) is 0 Å². The third-order valence-corrected chi connectivity index (χ3v) is 3.20. The van der Waals surface area contributed by atoms with E-state index in [0.717, 1.165) is 42.1 Å². The number of nitrogens with zero attached hydrogens (tertiary/aromatic N) is 2. The summed E-state index contributed by atoms with van der Waals surface area (Å²) in [7, 11) is 0. The van der Waals surface area contributed by atoms with Crippen molar-refractivity contribution in [3.05, 3.63) is 40.8 Å². The van der Waals surface area contributed by atoms with Gasteiger partial charge < -0.3 is 4.74 Å². The van der Waals surface area contributed by atoms with Crippen molar-refractivity contribution in [3.63, 3.8) is 0 Å². The minimum Gasteiger partial charge on any atom is -0.493 e. The van der Waals surface area contributed by atoms with Crippen LogP contribution in [0.5, 0.6) is 5.75 Å². The maximum atomic E-state index is 5.90. The van der Waals surface area contributed by atoms with Crippen molar-refractivity contribution in [1.29, 1.82) is 0 Å². The molecule has 1 aliphatic rings. The Labute approximate surface area is 111 Å². The average Bonchev–Trinajstić information content (AvgIpc) is 2.37. The predicted octanol–water partition coefficient (Wildman–Crippen LogP) is 3.43. The normalized spacial score (nSPS) is 13.9. The van der Waals surface area contributed by atoms with Crippen molar-refractivity contribution in [3.8, 4) is 17.0 Å². The topological polar surface area (TPSA) is 35.0 Å². The van der Waals surface area contributed by atoms with Gasteiger partial charge in [-0.2, -0.15) is 0 Å². The maximum Gasteiger partial charge on any atom is 0.223 e. The molecule has 1 aliphatic heterocycles. The van der Waals surface area contributed by atoms with Crippen molar-refractivity contribution < 1.29 is 4.74 Å². The molecule has 92 valence electrons. The van der Waals surface area contributed by atoms with Gasteiger partial charge in [-0.25, -0.2) is 9.97 Å². The smallest absolute Gasteiger partial charge is 0.223 e. The van der Waals surface area contributed by atoms with Crippen molar-refractivity contribution in [1.82, 2.24) is 9.97 Å². The third kappa shape index (κ3) is 2.18. The number of aromatic nitrogens is 2. The summed E-state index contributed by atoms with van der Waals surface area (Å²) < 4.78 is 5.60. The molecule has 0 N–H and O–H groups in total. The maximum absolute atomic E-state index is 5.90. The number of ether oxygens (including phenoxy) is 1. The summed E-state index contributed by atoms with van der Waals surface area (Å²) in [5.74, 6) is 0.988. The molecule has 2 aromatic rings. The van der Waals surface area contributed by atoms with Crippen LogP contribution in [0, 0.1) is 6.92 Å². The lowest BCUT2D eigenvalue weighted by molar-refractivity contribution is 0.288. The first-order valence-corrected chi connectivity index (χ1v) is 6.37. The highest BCUT2D eigenvalue weighted by molar-refractivity contribution is 6.28. The van der Waals surface area contributed by atoms with E-state index in [1.165, 1.54) is 5.56 Å². The Morgan fingerprint density at radius 3 is 2.94 bits per heavy atom. The number of halogens is 1. The summed E-state index contributed by atoms with van der Waals surface area (Å²) in [5.41, 5.74) is 4.04. The second kappa shape index (κ2) is 4.58. The van der Waals surface area contributed by atoms with Gasteiger partial charge in [0, 0.05) is 11.3 Å². The van der Waals surface area contributed by atoms with Gasteiger partial charge >= 0.3 is 0 Å². The Kier molecular flexibility index (Phi) is 2.92. The molecule has 0 atom stereocenters. The zero-order valence-corrected chi connectivity index (χ0v) is 10.9. The monoisotopic (exact) mass is 260 g/mol. The largest absolute Gasteiger partial charge is 0.493 e. The van der Waals surface area contributed by atoms with E-state index in [0.29, 0.717) is 5.28 Å². The van der Waals surface area contributed by atoms with E-state index in [4.69, 9.17) is 16.3 Å². The molecule has 4 heteroatoms. The molecule has 0 spiro atoms. The van der Waals surface area contributed by atoms with Gasteiger partial charge in [-0.3, -0.25) is 0 Å². The van der Waals surface area contributed by atoms with Crippen LogP contribution in [0.1, 0.15) is 17.7 Å². The molecule has 0 saturated heterocycles. The van der Waals surface area contributed by atoms with Crippen LogP contribution in [-0.2, 0) is 6.42 Å². The number of benzene rings is 1.